The molecule has 0 aliphatic carbocycles. The minimum absolute atomic E-state index is 0.277. The highest BCUT2D eigenvalue weighted by Gasteiger charge is 2.55. The van der Waals surface area contributed by atoms with Crippen LogP contribution in [-0.2, 0) is 4.74 Å². The normalized spacial score (nSPS) is 29.9. The fourth-order valence-electron chi connectivity index (χ4n) is 3.16. The van der Waals surface area contributed by atoms with Gasteiger partial charge in [-0.15, -0.1) is 0 Å². The van der Waals surface area contributed by atoms with Crippen LogP contribution in [0.15, 0.2) is 4.99 Å². The Kier molecular flexibility index (Phi) is 3.63. The van der Waals surface area contributed by atoms with Crippen LogP contribution in [0.1, 0.15) is 40.5 Å². The molecule has 2 rings (SSSR count). The number of hydrogen-bond acceptors (Lipinski definition) is 4. The van der Waals surface area contributed by atoms with E-state index in [0.29, 0.717) is 13.0 Å². The summed E-state index contributed by atoms with van der Waals surface area (Å²) < 4.78 is 5.45. The van der Waals surface area contributed by atoms with Crippen LogP contribution >= 0.6 is 0 Å². The number of nitrogens with two attached hydrogens (primary N) is 1. The molecule has 2 aliphatic heterocycles. The number of amidine groups is 1. The lowest BCUT2D eigenvalue weighted by molar-refractivity contribution is -0.00783. The largest absolute Gasteiger partial charge is 0.444 e. The van der Waals surface area contributed by atoms with Crippen molar-refractivity contribution in [1.29, 1.82) is 0 Å². The lowest BCUT2D eigenvalue weighted by Gasteiger charge is -2.49. The second-order valence-electron chi connectivity index (χ2n) is 6.72. The number of amides is 3. The molecule has 0 aromatic heterocycles. The molecule has 2 atom stereocenters. The van der Waals surface area contributed by atoms with Crippen LogP contribution in [-0.4, -0.2) is 58.5 Å². The zero-order chi connectivity index (χ0) is 16.0. The van der Waals surface area contributed by atoms with Crippen LogP contribution in [0, 0.1) is 0 Å². The van der Waals surface area contributed by atoms with Gasteiger partial charge in [0.1, 0.15) is 17.0 Å². The monoisotopic (exact) mass is 296 g/mol. The second kappa shape index (κ2) is 4.89. The molecule has 2 aliphatic rings. The number of ether oxygens (including phenoxy) is 1. The Hall–Kier alpha value is -1.79. The molecular formula is C14H24N4O3. The van der Waals surface area contributed by atoms with E-state index in [1.54, 1.807) is 16.8 Å². The fraction of sp³-hybridized carbons (Fsp3) is 0.786. The van der Waals surface area contributed by atoms with Crippen molar-refractivity contribution in [3.63, 3.8) is 0 Å². The fourth-order valence-corrected chi connectivity index (χ4v) is 3.16. The van der Waals surface area contributed by atoms with Gasteiger partial charge in [-0.2, -0.15) is 4.99 Å². The zero-order valence-electron chi connectivity index (χ0n) is 13.3. The first kappa shape index (κ1) is 15.6. The number of aliphatic imine (C=N–C) groups is 1. The SMILES string of the molecule is CC1N(C(=O)OC(C)(C)C)CCCC12C(N)=NC(=O)N2C. The summed E-state index contributed by atoms with van der Waals surface area (Å²) in [5.41, 5.74) is 4.74. The summed E-state index contributed by atoms with van der Waals surface area (Å²) >= 11 is 0. The van der Waals surface area contributed by atoms with Gasteiger partial charge in [0.25, 0.3) is 0 Å². The average Bonchev–Trinajstić information content (AvgIpc) is 2.55. The molecule has 21 heavy (non-hydrogen) atoms. The van der Waals surface area contributed by atoms with Gasteiger partial charge in [-0.05, 0) is 40.5 Å². The summed E-state index contributed by atoms with van der Waals surface area (Å²) in [6.07, 6.45) is 1.07. The molecule has 0 saturated carbocycles. The molecule has 0 aromatic rings. The Morgan fingerprint density at radius 1 is 1.48 bits per heavy atom. The molecule has 2 heterocycles. The van der Waals surface area contributed by atoms with E-state index in [1.165, 1.54) is 0 Å². The van der Waals surface area contributed by atoms with E-state index in [2.05, 4.69) is 4.99 Å². The van der Waals surface area contributed by atoms with Gasteiger partial charge < -0.3 is 20.3 Å². The van der Waals surface area contributed by atoms with Gasteiger partial charge in [-0.25, -0.2) is 9.59 Å². The lowest BCUT2D eigenvalue weighted by atomic mass is 9.80. The lowest BCUT2D eigenvalue weighted by Crippen LogP contribution is -2.68. The zero-order valence-corrected chi connectivity index (χ0v) is 13.3. The minimum Gasteiger partial charge on any atom is -0.444 e. The van der Waals surface area contributed by atoms with Crippen molar-refractivity contribution >= 4 is 18.0 Å². The first-order valence-electron chi connectivity index (χ1n) is 7.21. The summed E-state index contributed by atoms with van der Waals surface area (Å²) in [6, 6.07) is -0.633. The molecule has 2 unspecified atom stereocenters. The Balaban J connectivity index is 2.27. The Bertz CT molecular complexity index is 497. The van der Waals surface area contributed by atoms with E-state index < -0.39 is 11.1 Å². The predicted molar refractivity (Wildman–Crippen MR) is 79.1 cm³/mol. The molecule has 7 heteroatoms. The first-order chi connectivity index (χ1) is 9.59. The van der Waals surface area contributed by atoms with Crippen molar-refractivity contribution in [1.82, 2.24) is 9.80 Å². The Morgan fingerprint density at radius 3 is 2.57 bits per heavy atom. The summed E-state index contributed by atoms with van der Waals surface area (Å²) in [5.74, 6) is 0.288. The number of hydrogen-bond donors (Lipinski definition) is 1. The first-order valence-corrected chi connectivity index (χ1v) is 7.21. The molecule has 2 N–H and O–H groups in total. The van der Waals surface area contributed by atoms with Crippen molar-refractivity contribution in [3.05, 3.63) is 0 Å². The molecule has 7 nitrogen and oxygen atoms in total. The molecule has 0 radical (unpaired) electrons. The maximum atomic E-state index is 12.4. The molecule has 1 spiro atoms. The summed E-state index contributed by atoms with van der Waals surface area (Å²) in [5, 5.41) is 0. The van der Waals surface area contributed by atoms with Crippen molar-refractivity contribution < 1.29 is 14.3 Å². The third-order valence-corrected chi connectivity index (χ3v) is 4.29. The summed E-state index contributed by atoms with van der Waals surface area (Å²) in [7, 11) is 1.68. The molecule has 1 saturated heterocycles. The van der Waals surface area contributed by atoms with Gasteiger partial charge in [0.2, 0.25) is 0 Å². The summed E-state index contributed by atoms with van der Waals surface area (Å²) in [4.78, 5) is 31.3. The predicted octanol–water partition coefficient (Wildman–Crippen LogP) is 1.57. The van der Waals surface area contributed by atoms with E-state index in [-0.39, 0.29) is 24.0 Å². The van der Waals surface area contributed by atoms with Gasteiger partial charge in [-0.1, -0.05) is 0 Å². The number of likely N-dealkylation sites (N-methyl/N-ethyl adjacent to an activating group) is 1. The minimum atomic E-state index is -0.716. The maximum absolute atomic E-state index is 12.4. The van der Waals surface area contributed by atoms with Crippen LogP contribution in [0.5, 0.6) is 0 Å². The topological polar surface area (TPSA) is 88.2 Å². The second-order valence-corrected chi connectivity index (χ2v) is 6.72. The third kappa shape index (κ3) is 2.45. The molecule has 1 fully saturated rings. The molecular weight excluding hydrogens is 272 g/mol. The molecule has 0 aromatic carbocycles. The number of rotatable bonds is 0. The number of piperidine rings is 1. The van der Waals surface area contributed by atoms with Crippen LogP contribution in [0.3, 0.4) is 0 Å². The van der Waals surface area contributed by atoms with Crippen LogP contribution in [0.25, 0.3) is 0 Å². The smallest absolute Gasteiger partial charge is 0.410 e. The van der Waals surface area contributed by atoms with E-state index in [1.807, 2.05) is 27.7 Å². The number of carbonyl (C=O) groups excluding carboxylic acids is 2. The van der Waals surface area contributed by atoms with E-state index in [0.717, 1.165) is 6.42 Å². The quantitative estimate of drug-likeness (QED) is 0.735. The van der Waals surface area contributed by atoms with E-state index in [4.69, 9.17) is 10.5 Å². The van der Waals surface area contributed by atoms with Crippen molar-refractivity contribution in [2.24, 2.45) is 10.7 Å². The third-order valence-electron chi connectivity index (χ3n) is 4.29. The van der Waals surface area contributed by atoms with Crippen LogP contribution < -0.4 is 5.73 Å². The van der Waals surface area contributed by atoms with Gasteiger partial charge >= 0.3 is 12.1 Å². The Labute approximate surface area is 125 Å². The standard InChI is InChI=1S/C14H24N4O3/c1-9-14(10(15)16-11(19)17(14)5)7-6-8-18(9)12(20)21-13(2,3)4/h9H,6-8H2,1-5H3,(H2,15,16,19). The molecule has 3 amide bonds. The van der Waals surface area contributed by atoms with Gasteiger partial charge in [0.15, 0.2) is 0 Å². The number of nitrogens with zero attached hydrogens (tertiary/aromatic N) is 3. The van der Waals surface area contributed by atoms with Crippen LogP contribution in [0.4, 0.5) is 9.59 Å². The highest BCUT2D eigenvalue weighted by Crippen LogP contribution is 2.37. The van der Waals surface area contributed by atoms with E-state index in [9.17, 15) is 9.59 Å². The van der Waals surface area contributed by atoms with Crippen LogP contribution in [0.2, 0.25) is 0 Å². The van der Waals surface area contributed by atoms with Crippen molar-refractivity contribution in [3.8, 4) is 0 Å². The number of urea groups is 1. The maximum Gasteiger partial charge on any atom is 0.410 e. The molecule has 0 bridgehead atoms. The van der Waals surface area contributed by atoms with Gasteiger partial charge in [-0.3, -0.25) is 0 Å². The van der Waals surface area contributed by atoms with Crippen molar-refractivity contribution in [2.45, 2.75) is 57.7 Å². The Morgan fingerprint density at radius 2 is 2.10 bits per heavy atom. The highest BCUT2D eigenvalue weighted by molar-refractivity contribution is 6.06. The number of carbonyl (C=O) groups is 2. The van der Waals surface area contributed by atoms with E-state index >= 15 is 0 Å². The number of likely N-dealkylation sites (tertiary alicyclic amines) is 1. The highest BCUT2D eigenvalue weighted by atomic mass is 16.6. The van der Waals surface area contributed by atoms with Gasteiger partial charge in [0.05, 0.1) is 6.04 Å². The summed E-state index contributed by atoms with van der Waals surface area (Å²) in [6.45, 7) is 7.97. The van der Waals surface area contributed by atoms with Gasteiger partial charge in [0, 0.05) is 13.6 Å². The van der Waals surface area contributed by atoms with Crippen molar-refractivity contribution in [2.75, 3.05) is 13.6 Å². The average molecular weight is 296 g/mol. The molecule has 118 valence electrons.